The first-order valence-electron chi connectivity index (χ1n) is 5.51. The molecule has 0 unspecified atom stereocenters. The third kappa shape index (κ3) is 2.82. The van der Waals surface area contributed by atoms with Crippen molar-refractivity contribution < 1.29 is 14.6 Å². The largest absolute Gasteiger partial charge is 0.459 e. The summed E-state index contributed by atoms with van der Waals surface area (Å²) in [4.78, 5) is 11.7. The highest BCUT2D eigenvalue weighted by atomic mass is 16.5. The number of esters is 1. The summed E-state index contributed by atoms with van der Waals surface area (Å²) < 4.78 is 4.95. The minimum Gasteiger partial charge on any atom is -0.459 e. The van der Waals surface area contributed by atoms with Crippen LogP contribution >= 0.6 is 0 Å². The van der Waals surface area contributed by atoms with E-state index in [9.17, 15) is 4.79 Å². The summed E-state index contributed by atoms with van der Waals surface area (Å²) in [6.07, 6.45) is -0.639. The summed E-state index contributed by atoms with van der Waals surface area (Å²) in [7, 11) is 0. The van der Waals surface area contributed by atoms with Gasteiger partial charge in [0.25, 0.3) is 0 Å². The monoisotopic (exact) mass is 230 g/mol. The Morgan fingerprint density at radius 3 is 2.65 bits per heavy atom. The normalized spacial score (nSPS) is 12.4. The maximum atomic E-state index is 11.7. The average molecular weight is 230 g/mol. The topological polar surface area (TPSA) is 46.5 Å². The molecule has 1 atom stereocenters. The minimum atomic E-state index is -0.639. The molecule has 0 bridgehead atoms. The fourth-order valence-corrected chi connectivity index (χ4v) is 1.60. The number of rotatable bonds is 3. The molecule has 1 N–H and O–H groups in total. The third-order valence-corrected chi connectivity index (χ3v) is 2.44. The van der Waals surface area contributed by atoms with E-state index in [1.165, 1.54) is 0 Å². The van der Waals surface area contributed by atoms with Gasteiger partial charge in [-0.25, -0.2) is 4.79 Å². The van der Waals surface area contributed by atoms with E-state index in [-0.39, 0.29) is 6.61 Å². The molecule has 2 aromatic rings. The number of hydrogen-bond donors (Lipinski definition) is 1. The molecule has 2 rings (SSSR count). The van der Waals surface area contributed by atoms with E-state index in [4.69, 9.17) is 9.84 Å². The summed E-state index contributed by atoms with van der Waals surface area (Å²) in [5.41, 5.74) is 0.504. The Kier molecular flexibility index (Phi) is 3.40. The third-order valence-electron chi connectivity index (χ3n) is 2.44. The maximum Gasteiger partial charge on any atom is 0.338 e. The van der Waals surface area contributed by atoms with Gasteiger partial charge >= 0.3 is 5.97 Å². The summed E-state index contributed by atoms with van der Waals surface area (Å²) in [5.74, 6) is -0.406. The van der Waals surface area contributed by atoms with Crippen molar-refractivity contribution in [2.45, 2.75) is 13.0 Å². The summed E-state index contributed by atoms with van der Waals surface area (Å²) in [5, 5.41) is 11.1. The molecule has 0 spiro atoms. The van der Waals surface area contributed by atoms with Crippen LogP contribution in [0.25, 0.3) is 10.8 Å². The van der Waals surface area contributed by atoms with Crippen molar-refractivity contribution in [3.05, 3.63) is 48.0 Å². The van der Waals surface area contributed by atoms with E-state index in [0.29, 0.717) is 5.56 Å². The number of carbonyl (C=O) groups is 1. The van der Waals surface area contributed by atoms with Crippen molar-refractivity contribution in [2.75, 3.05) is 6.61 Å². The van der Waals surface area contributed by atoms with Crippen molar-refractivity contribution in [3.8, 4) is 0 Å². The summed E-state index contributed by atoms with van der Waals surface area (Å²) in [6.45, 7) is 1.60. The molecule has 17 heavy (non-hydrogen) atoms. The van der Waals surface area contributed by atoms with Crippen molar-refractivity contribution in [3.63, 3.8) is 0 Å². The Balaban J connectivity index is 2.21. The van der Waals surface area contributed by atoms with Crippen molar-refractivity contribution in [2.24, 2.45) is 0 Å². The van der Waals surface area contributed by atoms with Gasteiger partial charge in [0.2, 0.25) is 0 Å². The van der Waals surface area contributed by atoms with Crippen LogP contribution in [0.4, 0.5) is 0 Å². The lowest BCUT2D eigenvalue weighted by Gasteiger charge is -2.07. The van der Waals surface area contributed by atoms with Gasteiger partial charge in [0.1, 0.15) is 6.61 Å². The first kappa shape index (κ1) is 11.6. The van der Waals surface area contributed by atoms with Crippen LogP contribution in [0.1, 0.15) is 17.3 Å². The van der Waals surface area contributed by atoms with Crippen LogP contribution in [0, 0.1) is 0 Å². The van der Waals surface area contributed by atoms with Crippen LogP contribution in [-0.4, -0.2) is 23.8 Å². The highest BCUT2D eigenvalue weighted by Gasteiger charge is 2.08. The van der Waals surface area contributed by atoms with Crippen molar-refractivity contribution in [1.29, 1.82) is 0 Å². The van der Waals surface area contributed by atoms with Crippen LogP contribution in [-0.2, 0) is 4.74 Å². The second-order valence-corrected chi connectivity index (χ2v) is 4.01. The molecule has 0 fully saturated rings. The molecule has 0 saturated carbocycles. The van der Waals surface area contributed by atoms with Gasteiger partial charge in [-0.1, -0.05) is 30.3 Å². The second-order valence-electron chi connectivity index (χ2n) is 4.01. The molecule has 0 aliphatic carbocycles. The lowest BCUT2D eigenvalue weighted by Crippen LogP contribution is -2.15. The zero-order valence-electron chi connectivity index (χ0n) is 9.59. The second kappa shape index (κ2) is 4.97. The Morgan fingerprint density at radius 1 is 1.24 bits per heavy atom. The quantitative estimate of drug-likeness (QED) is 0.823. The average Bonchev–Trinajstić information content (AvgIpc) is 2.35. The number of hydrogen-bond acceptors (Lipinski definition) is 3. The number of ether oxygens (including phenoxy) is 1. The molecular formula is C14H14O3. The molecule has 0 amide bonds. The van der Waals surface area contributed by atoms with E-state index >= 15 is 0 Å². The molecule has 3 heteroatoms. The van der Waals surface area contributed by atoms with Crippen molar-refractivity contribution >= 4 is 16.7 Å². The van der Waals surface area contributed by atoms with Gasteiger partial charge in [-0.15, -0.1) is 0 Å². The lowest BCUT2D eigenvalue weighted by atomic mass is 10.1. The standard InChI is InChI=1S/C14H14O3/c1-10(15)9-17-14(16)13-7-6-11-4-2-3-5-12(11)8-13/h2-8,10,15H,9H2,1H3/t10-/m0/s1. The number of aliphatic hydroxyl groups is 1. The Morgan fingerprint density at radius 2 is 1.94 bits per heavy atom. The van der Waals surface area contributed by atoms with Crippen LogP contribution < -0.4 is 0 Å². The van der Waals surface area contributed by atoms with Gasteiger partial charge in [0, 0.05) is 0 Å². The molecule has 0 aliphatic heterocycles. The molecule has 88 valence electrons. The van der Waals surface area contributed by atoms with Gasteiger partial charge < -0.3 is 9.84 Å². The molecule has 0 saturated heterocycles. The van der Waals surface area contributed by atoms with Gasteiger partial charge in [0.15, 0.2) is 0 Å². The molecule has 2 aromatic carbocycles. The fraction of sp³-hybridized carbons (Fsp3) is 0.214. The lowest BCUT2D eigenvalue weighted by molar-refractivity contribution is 0.0296. The zero-order chi connectivity index (χ0) is 12.3. The first-order chi connectivity index (χ1) is 8.16. The van der Waals surface area contributed by atoms with Crippen molar-refractivity contribution in [1.82, 2.24) is 0 Å². The Hall–Kier alpha value is -1.87. The highest BCUT2D eigenvalue weighted by molar-refractivity contribution is 5.95. The number of fused-ring (bicyclic) bond motifs is 1. The predicted octanol–water partition coefficient (Wildman–Crippen LogP) is 2.38. The molecule has 0 aromatic heterocycles. The smallest absolute Gasteiger partial charge is 0.338 e. The number of benzene rings is 2. The van der Waals surface area contributed by atoms with Gasteiger partial charge in [-0.2, -0.15) is 0 Å². The van der Waals surface area contributed by atoms with Gasteiger partial charge in [-0.05, 0) is 29.8 Å². The highest BCUT2D eigenvalue weighted by Crippen LogP contribution is 2.16. The molecule has 0 radical (unpaired) electrons. The number of aliphatic hydroxyl groups excluding tert-OH is 1. The predicted molar refractivity (Wildman–Crippen MR) is 65.9 cm³/mol. The molecule has 0 heterocycles. The van der Waals surface area contributed by atoms with E-state index in [2.05, 4.69) is 0 Å². The SMILES string of the molecule is C[C@H](O)COC(=O)c1ccc2ccccc2c1. The van der Waals surface area contributed by atoms with Crippen LogP contribution in [0.2, 0.25) is 0 Å². The van der Waals surface area contributed by atoms with Gasteiger partial charge in [-0.3, -0.25) is 0 Å². The van der Waals surface area contributed by atoms with Crippen LogP contribution in [0.5, 0.6) is 0 Å². The van der Waals surface area contributed by atoms with E-state index in [1.54, 1.807) is 19.1 Å². The van der Waals surface area contributed by atoms with Crippen LogP contribution in [0.3, 0.4) is 0 Å². The Bertz CT molecular complexity index is 532. The summed E-state index contributed by atoms with van der Waals surface area (Å²) >= 11 is 0. The first-order valence-corrected chi connectivity index (χ1v) is 5.51. The molecular weight excluding hydrogens is 216 g/mol. The molecule has 0 aliphatic rings. The summed E-state index contributed by atoms with van der Waals surface area (Å²) in [6, 6.07) is 13.2. The Labute approximate surface area is 99.6 Å². The van der Waals surface area contributed by atoms with E-state index in [0.717, 1.165) is 10.8 Å². The zero-order valence-corrected chi connectivity index (χ0v) is 9.59. The molecule has 3 nitrogen and oxygen atoms in total. The van der Waals surface area contributed by atoms with E-state index in [1.807, 2.05) is 30.3 Å². The fourth-order valence-electron chi connectivity index (χ4n) is 1.60. The van der Waals surface area contributed by atoms with Crippen LogP contribution in [0.15, 0.2) is 42.5 Å². The maximum absolute atomic E-state index is 11.7. The van der Waals surface area contributed by atoms with E-state index < -0.39 is 12.1 Å². The number of carbonyl (C=O) groups excluding carboxylic acids is 1. The minimum absolute atomic E-state index is 0.0195. The van der Waals surface area contributed by atoms with Gasteiger partial charge in [0.05, 0.1) is 11.7 Å².